The molecule has 96 valence electrons. The molecule has 0 fully saturated rings. The normalized spacial score (nSPS) is 15.1. The van der Waals surface area contributed by atoms with Crippen LogP contribution in [0.3, 0.4) is 0 Å². The summed E-state index contributed by atoms with van der Waals surface area (Å²) in [5, 5.41) is 9.13. The molecule has 0 bridgehead atoms. The van der Waals surface area contributed by atoms with Gasteiger partial charge in [0.05, 0.1) is 5.56 Å². The van der Waals surface area contributed by atoms with Crippen LogP contribution in [0.5, 0.6) is 5.75 Å². The Bertz CT molecular complexity index is 671. The lowest BCUT2D eigenvalue weighted by Gasteiger charge is -2.35. The summed E-state index contributed by atoms with van der Waals surface area (Å²) in [7, 11) is 0. The first kappa shape index (κ1) is 11.8. The minimum Gasteiger partial charge on any atom is -0.482 e. The summed E-state index contributed by atoms with van der Waals surface area (Å²) < 4.78 is 6.00. The molecule has 0 unspecified atom stereocenters. The molecular formula is C16H14O3. The fraction of sp³-hybridized carbons (Fsp3) is 0.188. The van der Waals surface area contributed by atoms with Crippen LogP contribution in [0.15, 0.2) is 42.5 Å². The molecule has 3 rings (SSSR count). The first-order chi connectivity index (χ1) is 8.99. The molecule has 2 aromatic carbocycles. The van der Waals surface area contributed by atoms with Crippen molar-refractivity contribution in [3.05, 3.63) is 53.6 Å². The van der Waals surface area contributed by atoms with Crippen LogP contribution in [-0.2, 0) is 5.60 Å². The van der Waals surface area contributed by atoms with E-state index in [0.717, 1.165) is 22.4 Å². The molecule has 1 aliphatic heterocycles. The molecule has 0 saturated heterocycles. The van der Waals surface area contributed by atoms with Gasteiger partial charge >= 0.3 is 5.97 Å². The van der Waals surface area contributed by atoms with Gasteiger partial charge in [-0.1, -0.05) is 24.3 Å². The predicted molar refractivity (Wildman–Crippen MR) is 72.5 cm³/mol. The average molecular weight is 254 g/mol. The summed E-state index contributed by atoms with van der Waals surface area (Å²) in [6.07, 6.45) is 0. The molecule has 0 saturated carbocycles. The standard InChI is InChI=1S/C16H14O3/c1-16(2)13-8-7-10(15(17)18)9-12(13)11-5-3-4-6-14(11)19-16/h3-9H,1-2H3,(H,17,18). The molecule has 0 aliphatic carbocycles. The summed E-state index contributed by atoms with van der Waals surface area (Å²) in [5.74, 6) is -0.118. The average Bonchev–Trinajstić information content (AvgIpc) is 2.37. The van der Waals surface area contributed by atoms with Crippen LogP contribution in [0, 0.1) is 0 Å². The number of ether oxygens (including phenoxy) is 1. The van der Waals surface area contributed by atoms with Gasteiger partial charge in [0.1, 0.15) is 11.4 Å². The van der Waals surface area contributed by atoms with Crippen LogP contribution in [0.2, 0.25) is 0 Å². The number of para-hydroxylation sites is 1. The molecule has 3 nitrogen and oxygen atoms in total. The first-order valence-corrected chi connectivity index (χ1v) is 6.15. The second-order valence-corrected chi connectivity index (χ2v) is 5.17. The number of aromatic carboxylic acids is 1. The third-order valence-corrected chi connectivity index (χ3v) is 3.46. The lowest BCUT2D eigenvalue weighted by Crippen LogP contribution is -2.29. The van der Waals surface area contributed by atoms with Crippen molar-refractivity contribution in [2.45, 2.75) is 19.4 Å². The van der Waals surface area contributed by atoms with Crippen molar-refractivity contribution in [2.75, 3.05) is 0 Å². The zero-order valence-electron chi connectivity index (χ0n) is 10.8. The minimum absolute atomic E-state index is 0.297. The number of hydrogen-bond acceptors (Lipinski definition) is 2. The largest absolute Gasteiger partial charge is 0.482 e. The highest BCUT2D eigenvalue weighted by Crippen LogP contribution is 2.45. The molecular weight excluding hydrogens is 240 g/mol. The minimum atomic E-state index is -0.912. The number of carboxylic acids is 1. The van der Waals surface area contributed by atoms with Gasteiger partial charge in [0.2, 0.25) is 0 Å². The summed E-state index contributed by atoms with van der Waals surface area (Å²) in [6.45, 7) is 3.98. The van der Waals surface area contributed by atoms with Gasteiger partial charge < -0.3 is 9.84 Å². The molecule has 0 radical (unpaired) electrons. The van der Waals surface area contributed by atoms with Crippen LogP contribution in [0.25, 0.3) is 11.1 Å². The van der Waals surface area contributed by atoms with Crippen molar-refractivity contribution in [1.29, 1.82) is 0 Å². The molecule has 3 heteroatoms. The number of carboxylic acid groups (broad SMARTS) is 1. The molecule has 0 spiro atoms. The van der Waals surface area contributed by atoms with Gasteiger partial charge in [0, 0.05) is 11.1 Å². The number of fused-ring (bicyclic) bond motifs is 3. The topological polar surface area (TPSA) is 46.5 Å². The lowest BCUT2D eigenvalue weighted by molar-refractivity contribution is 0.0695. The third kappa shape index (κ3) is 1.78. The molecule has 1 aliphatic rings. The van der Waals surface area contributed by atoms with Crippen LogP contribution >= 0.6 is 0 Å². The number of hydrogen-bond donors (Lipinski definition) is 1. The van der Waals surface area contributed by atoms with E-state index < -0.39 is 11.6 Å². The second kappa shape index (κ2) is 3.85. The second-order valence-electron chi connectivity index (χ2n) is 5.17. The highest BCUT2D eigenvalue weighted by molar-refractivity contribution is 5.91. The van der Waals surface area contributed by atoms with Gasteiger partial charge in [0.15, 0.2) is 0 Å². The van der Waals surface area contributed by atoms with E-state index in [4.69, 9.17) is 9.84 Å². The van der Waals surface area contributed by atoms with Crippen molar-refractivity contribution in [3.63, 3.8) is 0 Å². The molecule has 0 amide bonds. The van der Waals surface area contributed by atoms with E-state index in [0.29, 0.717) is 5.56 Å². The van der Waals surface area contributed by atoms with Gasteiger partial charge in [0.25, 0.3) is 0 Å². The van der Waals surface area contributed by atoms with Crippen molar-refractivity contribution in [1.82, 2.24) is 0 Å². The maximum absolute atomic E-state index is 11.1. The van der Waals surface area contributed by atoms with E-state index in [-0.39, 0.29) is 0 Å². The fourth-order valence-corrected chi connectivity index (χ4v) is 2.53. The van der Waals surface area contributed by atoms with E-state index >= 15 is 0 Å². The molecule has 19 heavy (non-hydrogen) atoms. The van der Waals surface area contributed by atoms with Crippen LogP contribution in [0.4, 0.5) is 0 Å². The lowest BCUT2D eigenvalue weighted by atomic mass is 9.85. The van der Waals surface area contributed by atoms with Gasteiger partial charge in [-0.15, -0.1) is 0 Å². The van der Waals surface area contributed by atoms with E-state index in [9.17, 15) is 4.79 Å². The fourth-order valence-electron chi connectivity index (χ4n) is 2.53. The molecule has 1 heterocycles. The van der Waals surface area contributed by atoms with Crippen LogP contribution in [-0.4, -0.2) is 11.1 Å². The Labute approximate surface area is 111 Å². The zero-order valence-corrected chi connectivity index (χ0v) is 10.8. The van der Waals surface area contributed by atoms with Crippen molar-refractivity contribution < 1.29 is 14.6 Å². The van der Waals surface area contributed by atoms with Gasteiger partial charge in [-0.3, -0.25) is 0 Å². The van der Waals surface area contributed by atoms with E-state index in [1.165, 1.54) is 0 Å². The summed E-state index contributed by atoms with van der Waals surface area (Å²) >= 11 is 0. The Hall–Kier alpha value is -2.29. The first-order valence-electron chi connectivity index (χ1n) is 6.15. The number of carbonyl (C=O) groups is 1. The Morgan fingerprint density at radius 3 is 2.58 bits per heavy atom. The van der Waals surface area contributed by atoms with E-state index in [1.807, 2.05) is 44.2 Å². The highest BCUT2D eigenvalue weighted by atomic mass is 16.5. The van der Waals surface area contributed by atoms with Gasteiger partial charge in [-0.05, 0) is 37.6 Å². The maximum atomic E-state index is 11.1. The Morgan fingerprint density at radius 2 is 1.84 bits per heavy atom. The van der Waals surface area contributed by atoms with E-state index in [2.05, 4.69) is 0 Å². The van der Waals surface area contributed by atoms with Crippen LogP contribution < -0.4 is 4.74 Å². The smallest absolute Gasteiger partial charge is 0.335 e. The number of benzene rings is 2. The Morgan fingerprint density at radius 1 is 1.11 bits per heavy atom. The molecule has 1 N–H and O–H groups in total. The summed E-state index contributed by atoms with van der Waals surface area (Å²) in [4.78, 5) is 11.1. The maximum Gasteiger partial charge on any atom is 0.335 e. The molecule has 0 atom stereocenters. The SMILES string of the molecule is CC1(C)Oc2ccccc2-c2cc(C(=O)O)ccc21. The predicted octanol–water partition coefficient (Wildman–Crippen LogP) is 3.68. The zero-order chi connectivity index (χ0) is 13.6. The van der Waals surface area contributed by atoms with Gasteiger partial charge in [-0.2, -0.15) is 0 Å². The Kier molecular flexibility index (Phi) is 2.39. The summed E-state index contributed by atoms with van der Waals surface area (Å²) in [6, 6.07) is 12.9. The summed E-state index contributed by atoms with van der Waals surface area (Å²) in [5.41, 5.74) is 2.73. The van der Waals surface area contributed by atoms with Gasteiger partial charge in [-0.25, -0.2) is 4.79 Å². The van der Waals surface area contributed by atoms with Crippen molar-refractivity contribution in [3.8, 4) is 16.9 Å². The third-order valence-electron chi connectivity index (χ3n) is 3.46. The van der Waals surface area contributed by atoms with Crippen molar-refractivity contribution in [2.24, 2.45) is 0 Å². The molecule has 2 aromatic rings. The van der Waals surface area contributed by atoms with Crippen LogP contribution in [0.1, 0.15) is 29.8 Å². The highest BCUT2D eigenvalue weighted by Gasteiger charge is 2.32. The molecule has 0 aromatic heterocycles. The monoisotopic (exact) mass is 254 g/mol. The quantitative estimate of drug-likeness (QED) is 0.844. The van der Waals surface area contributed by atoms with Crippen molar-refractivity contribution >= 4 is 5.97 Å². The Balaban J connectivity index is 2.30. The van der Waals surface area contributed by atoms with E-state index in [1.54, 1.807) is 12.1 Å². The number of rotatable bonds is 1.